The van der Waals surface area contributed by atoms with Crippen LogP contribution < -0.4 is 10.2 Å². The van der Waals surface area contributed by atoms with Crippen molar-refractivity contribution in [2.45, 2.75) is 25.4 Å². The zero-order chi connectivity index (χ0) is 18.8. The Bertz CT molecular complexity index is 957. The number of nitrogens with one attached hydrogen (secondary N) is 1. The summed E-state index contributed by atoms with van der Waals surface area (Å²) >= 11 is 0. The lowest BCUT2D eigenvalue weighted by Crippen LogP contribution is -2.44. The van der Waals surface area contributed by atoms with Crippen molar-refractivity contribution in [2.24, 2.45) is 0 Å². The molecule has 3 aromatic carbocycles. The van der Waals surface area contributed by atoms with Gasteiger partial charge in [-0.05, 0) is 55.3 Å². The number of anilines is 2. The maximum atomic E-state index is 13.6. The van der Waals surface area contributed by atoms with Crippen LogP contribution in [0.4, 0.5) is 15.8 Å². The van der Waals surface area contributed by atoms with Gasteiger partial charge in [0, 0.05) is 23.0 Å². The number of benzene rings is 3. The first-order valence-corrected chi connectivity index (χ1v) is 9.13. The summed E-state index contributed by atoms with van der Waals surface area (Å²) in [6.07, 6.45) is 0.771. The summed E-state index contributed by atoms with van der Waals surface area (Å²) in [5.41, 5.74) is 3.36. The van der Waals surface area contributed by atoms with Crippen molar-refractivity contribution >= 4 is 17.3 Å². The molecule has 0 fully saturated rings. The Kier molecular flexibility index (Phi) is 4.63. The molecule has 136 valence electrons. The average molecular weight is 360 g/mol. The van der Waals surface area contributed by atoms with Crippen molar-refractivity contribution < 1.29 is 9.18 Å². The van der Waals surface area contributed by atoms with E-state index in [1.807, 2.05) is 61.5 Å². The second-order valence-electron chi connectivity index (χ2n) is 6.89. The second kappa shape index (κ2) is 7.23. The Morgan fingerprint density at radius 1 is 1.00 bits per heavy atom. The van der Waals surface area contributed by atoms with Crippen LogP contribution >= 0.6 is 0 Å². The van der Waals surface area contributed by atoms with E-state index in [1.54, 1.807) is 17.0 Å². The summed E-state index contributed by atoms with van der Waals surface area (Å²) in [4.78, 5) is 14.9. The molecule has 0 bridgehead atoms. The van der Waals surface area contributed by atoms with Crippen LogP contribution in [-0.2, 0) is 0 Å². The van der Waals surface area contributed by atoms with E-state index in [1.165, 1.54) is 12.1 Å². The molecule has 0 saturated carbocycles. The molecule has 3 nitrogen and oxygen atoms in total. The number of halogens is 1. The maximum Gasteiger partial charge on any atom is 0.258 e. The summed E-state index contributed by atoms with van der Waals surface area (Å²) in [5, 5.41) is 3.58. The zero-order valence-corrected chi connectivity index (χ0v) is 15.1. The van der Waals surface area contributed by atoms with Gasteiger partial charge in [0.1, 0.15) is 5.82 Å². The van der Waals surface area contributed by atoms with Gasteiger partial charge in [0.15, 0.2) is 0 Å². The molecule has 0 saturated heterocycles. The van der Waals surface area contributed by atoms with Crippen LogP contribution in [0, 0.1) is 5.82 Å². The molecule has 2 unspecified atom stereocenters. The predicted molar refractivity (Wildman–Crippen MR) is 107 cm³/mol. The third-order valence-corrected chi connectivity index (χ3v) is 4.99. The number of amides is 1. The van der Waals surface area contributed by atoms with Crippen molar-refractivity contribution in [1.29, 1.82) is 0 Å². The van der Waals surface area contributed by atoms with Crippen molar-refractivity contribution in [3.05, 3.63) is 95.8 Å². The van der Waals surface area contributed by atoms with E-state index < -0.39 is 5.82 Å². The minimum Gasteiger partial charge on any atom is -0.378 e. The quantitative estimate of drug-likeness (QED) is 0.676. The first-order valence-electron chi connectivity index (χ1n) is 9.13. The Labute approximate surface area is 158 Å². The van der Waals surface area contributed by atoms with E-state index in [0.29, 0.717) is 5.56 Å². The zero-order valence-electron chi connectivity index (χ0n) is 15.1. The number of carbonyl (C=O) groups is 1. The van der Waals surface area contributed by atoms with Crippen LogP contribution in [0.3, 0.4) is 0 Å². The predicted octanol–water partition coefficient (Wildman–Crippen LogP) is 5.42. The normalized spacial score (nSPS) is 18.7. The minimum atomic E-state index is -0.401. The highest BCUT2D eigenvalue weighted by molar-refractivity contribution is 6.07. The summed E-state index contributed by atoms with van der Waals surface area (Å²) in [7, 11) is 0. The fourth-order valence-electron chi connectivity index (χ4n) is 3.75. The SMILES string of the molecule is CC1CC(Nc2ccccc2)c2ccccc2N1C(=O)c1cccc(F)c1. The Balaban J connectivity index is 1.70. The first kappa shape index (κ1) is 17.3. The lowest BCUT2D eigenvalue weighted by molar-refractivity contribution is 0.0973. The molecule has 1 amide bonds. The largest absolute Gasteiger partial charge is 0.378 e. The van der Waals surface area contributed by atoms with Gasteiger partial charge in [0.25, 0.3) is 5.91 Å². The van der Waals surface area contributed by atoms with Crippen molar-refractivity contribution in [2.75, 3.05) is 10.2 Å². The molecule has 0 radical (unpaired) electrons. The number of fused-ring (bicyclic) bond motifs is 1. The molecule has 4 rings (SSSR count). The number of rotatable bonds is 3. The van der Waals surface area contributed by atoms with Crippen molar-refractivity contribution in [3.8, 4) is 0 Å². The first-order chi connectivity index (χ1) is 13.1. The number of carbonyl (C=O) groups excluding carboxylic acids is 1. The molecule has 4 heteroatoms. The summed E-state index contributed by atoms with van der Waals surface area (Å²) in [5.74, 6) is -0.574. The Hall–Kier alpha value is -3.14. The number of para-hydroxylation sites is 2. The van der Waals surface area contributed by atoms with Crippen LogP contribution in [0.1, 0.15) is 35.3 Å². The molecule has 3 aromatic rings. The number of hydrogen-bond acceptors (Lipinski definition) is 2. The van der Waals surface area contributed by atoms with E-state index in [0.717, 1.165) is 23.4 Å². The molecule has 1 heterocycles. The smallest absolute Gasteiger partial charge is 0.258 e. The molecule has 1 aliphatic rings. The van der Waals surface area contributed by atoms with Crippen LogP contribution in [0.25, 0.3) is 0 Å². The molecule has 1 N–H and O–H groups in total. The number of hydrogen-bond donors (Lipinski definition) is 1. The standard InChI is InChI=1S/C23H21FN2O/c1-16-14-21(25-19-10-3-2-4-11-19)20-12-5-6-13-22(20)26(16)23(27)17-8-7-9-18(24)15-17/h2-13,15-16,21,25H,14H2,1H3. The highest BCUT2D eigenvalue weighted by atomic mass is 19.1. The van der Waals surface area contributed by atoms with E-state index in [4.69, 9.17) is 0 Å². The molecular weight excluding hydrogens is 339 g/mol. The Morgan fingerprint density at radius 2 is 1.74 bits per heavy atom. The highest BCUT2D eigenvalue weighted by Gasteiger charge is 2.34. The van der Waals surface area contributed by atoms with E-state index in [9.17, 15) is 9.18 Å². The molecule has 0 spiro atoms. The van der Waals surface area contributed by atoms with Gasteiger partial charge in [-0.15, -0.1) is 0 Å². The fourth-order valence-corrected chi connectivity index (χ4v) is 3.75. The summed E-state index contributed by atoms with van der Waals surface area (Å²) in [6, 6.07) is 24.0. The topological polar surface area (TPSA) is 32.3 Å². The van der Waals surface area contributed by atoms with Crippen molar-refractivity contribution in [1.82, 2.24) is 0 Å². The van der Waals surface area contributed by atoms with Gasteiger partial charge in [0.05, 0.1) is 6.04 Å². The number of nitrogens with zero attached hydrogens (tertiary/aromatic N) is 1. The van der Waals surface area contributed by atoms with Gasteiger partial charge in [-0.3, -0.25) is 4.79 Å². The van der Waals surface area contributed by atoms with Gasteiger partial charge in [-0.1, -0.05) is 42.5 Å². The molecule has 27 heavy (non-hydrogen) atoms. The van der Waals surface area contributed by atoms with Gasteiger partial charge in [0.2, 0.25) is 0 Å². The molecule has 0 aromatic heterocycles. The maximum absolute atomic E-state index is 13.6. The average Bonchev–Trinajstić information content (AvgIpc) is 2.68. The fraction of sp³-hybridized carbons (Fsp3) is 0.174. The van der Waals surface area contributed by atoms with Gasteiger partial charge in [-0.25, -0.2) is 4.39 Å². The lowest BCUT2D eigenvalue weighted by atomic mass is 9.90. The molecule has 1 aliphatic heterocycles. The second-order valence-corrected chi connectivity index (χ2v) is 6.89. The lowest BCUT2D eigenvalue weighted by Gasteiger charge is -2.40. The third kappa shape index (κ3) is 3.43. The van der Waals surface area contributed by atoms with E-state index >= 15 is 0 Å². The van der Waals surface area contributed by atoms with Crippen LogP contribution in [-0.4, -0.2) is 11.9 Å². The molecule has 0 aliphatic carbocycles. The summed E-state index contributed by atoms with van der Waals surface area (Å²) < 4.78 is 13.6. The monoisotopic (exact) mass is 360 g/mol. The highest BCUT2D eigenvalue weighted by Crippen LogP contribution is 2.39. The van der Waals surface area contributed by atoms with Crippen LogP contribution in [0.2, 0.25) is 0 Å². The van der Waals surface area contributed by atoms with Gasteiger partial charge < -0.3 is 10.2 Å². The van der Waals surface area contributed by atoms with E-state index in [2.05, 4.69) is 5.32 Å². The summed E-state index contributed by atoms with van der Waals surface area (Å²) in [6.45, 7) is 2.03. The van der Waals surface area contributed by atoms with Crippen molar-refractivity contribution in [3.63, 3.8) is 0 Å². The van der Waals surface area contributed by atoms with Gasteiger partial charge >= 0.3 is 0 Å². The van der Waals surface area contributed by atoms with Crippen LogP contribution in [0.15, 0.2) is 78.9 Å². The van der Waals surface area contributed by atoms with Crippen LogP contribution in [0.5, 0.6) is 0 Å². The molecular formula is C23H21FN2O. The van der Waals surface area contributed by atoms with E-state index in [-0.39, 0.29) is 18.0 Å². The third-order valence-electron chi connectivity index (χ3n) is 4.99. The minimum absolute atomic E-state index is 0.0168. The molecule has 2 atom stereocenters. The Morgan fingerprint density at radius 3 is 2.52 bits per heavy atom. The van der Waals surface area contributed by atoms with Gasteiger partial charge in [-0.2, -0.15) is 0 Å².